The third kappa shape index (κ3) is 5.32. The van der Waals surface area contributed by atoms with Crippen LogP contribution in [0.4, 0.5) is 5.82 Å². The average molecular weight is 495 g/mol. The number of fused-ring (bicyclic) bond motifs is 1. The van der Waals surface area contributed by atoms with Gasteiger partial charge in [-0.1, -0.05) is 47.7 Å². The molecule has 9 nitrogen and oxygen atoms in total. The van der Waals surface area contributed by atoms with Crippen molar-refractivity contribution in [2.45, 2.75) is 30.2 Å². The molecule has 182 valence electrons. The van der Waals surface area contributed by atoms with E-state index in [9.17, 15) is 14.4 Å². The Balaban J connectivity index is 1.68. The molecule has 0 saturated heterocycles. The third-order valence-corrected chi connectivity index (χ3v) is 6.81. The number of rotatable bonds is 8. The maximum atomic E-state index is 13.2. The molecule has 4 rings (SSSR count). The number of anilines is 1. The number of primary amides is 1. The fraction of sp³-hybridized carbons (Fsp3) is 0.280. The number of nitrogens with one attached hydrogen (secondary N) is 1. The first-order valence-electron chi connectivity index (χ1n) is 10.9. The number of amides is 2. The second-order valence-corrected chi connectivity index (χ2v) is 9.21. The molecule has 1 aromatic heterocycles. The Hall–Kier alpha value is -3.79. The first kappa shape index (κ1) is 24.3. The van der Waals surface area contributed by atoms with Crippen molar-refractivity contribution >= 4 is 29.4 Å². The molecule has 3 N–H and O–H groups in total. The number of benzene rings is 2. The highest BCUT2D eigenvalue weighted by atomic mass is 32.2. The molecule has 0 saturated carbocycles. The summed E-state index contributed by atoms with van der Waals surface area (Å²) in [4.78, 5) is 41.2. The summed E-state index contributed by atoms with van der Waals surface area (Å²) in [5.41, 5.74) is 8.16. The summed E-state index contributed by atoms with van der Waals surface area (Å²) in [6, 6.07) is 13.2. The number of hydrogen-bond donors (Lipinski definition) is 2. The van der Waals surface area contributed by atoms with Gasteiger partial charge in [-0.05, 0) is 30.2 Å². The van der Waals surface area contributed by atoms with Crippen LogP contribution >= 0.6 is 11.8 Å². The lowest BCUT2D eigenvalue weighted by atomic mass is 9.86. The number of carbonyl (C=O) groups excluding carboxylic acids is 2. The van der Waals surface area contributed by atoms with E-state index in [0.717, 1.165) is 11.1 Å². The lowest BCUT2D eigenvalue weighted by Gasteiger charge is -2.28. The molecule has 2 amide bonds. The second kappa shape index (κ2) is 10.2. The van der Waals surface area contributed by atoms with Crippen LogP contribution in [0.25, 0.3) is 0 Å². The van der Waals surface area contributed by atoms with Gasteiger partial charge in [-0.15, -0.1) is 0 Å². The van der Waals surface area contributed by atoms with Gasteiger partial charge in [-0.2, -0.15) is 4.98 Å². The average Bonchev–Trinajstić information content (AvgIpc) is 2.83. The number of nitrogens with zero attached hydrogens (tertiary/aromatic N) is 2. The summed E-state index contributed by atoms with van der Waals surface area (Å²) < 4.78 is 12.5. The maximum Gasteiger partial charge on any atom is 0.279 e. The van der Waals surface area contributed by atoms with Crippen LogP contribution in [0.15, 0.2) is 52.4 Å². The molecular formula is C25H26N4O5S. The van der Waals surface area contributed by atoms with Crippen LogP contribution in [0.2, 0.25) is 0 Å². The molecule has 35 heavy (non-hydrogen) atoms. The normalized spacial score (nSPS) is 14.7. The van der Waals surface area contributed by atoms with Crippen molar-refractivity contribution in [3.63, 3.8) is 0 Å². The molecule has 2 heterocycles. The molecule has 0 bridgehead atoms. The van der Waals surface area contributed by atoms with E-state index in [1.54, 1.807) is 29.8 Å². The maximum absolute atomic E-state index is 13.2. The first-order chi connectivity index (χ1) is 16.8. The molecule has 0 radical (unpaired) electrons. The summed E-state index contributed by atoms with van der Waals surface area (Å²) in [7, 11) is 3.25. The summed E-state index contributed by atoms with van der Waals surface area (Å²) in [6.07, 6.45) is 0.0876. The number of carbonyl (C=O) groups is 2. The van der Waals surface area contributed by atoms with Crippen molar-refractivity contribution in [3.8, 4) is 11.5 Å². The van der Waals surface area contributed by atoms with E-state index in [-0.39, 0.29) is 24.5 Å². The van der Waals surface area contributed by atoms with Gasteiger partial charge in [0.25, 0.3) is 11.5 Å². The Morgan fingerprint density at radius 2 is 2.03 bits per heavy atom. The van der Waals surface area contributed by atoms with Gasteiger partial charge >= 0.3 is 0 Å². The predicted octanol–water partition coefficient (Wildman–Crippen LogP) is 2.73. The zero-order valence-corrected chi connectivity index (χ0v) is 20.5. The Labute approximate surface area is 206 Å². The second-order valence-electron chi connectivity index (χ2n) is 8.27. The van der Waals surface area contributed by atoms with Crippen LogP contribution in [-0.4, -0.2) is 35.1 Å². The van der Waals surface area contributed by atoms with E-state index in [1.165, 1.54) is 18.9 Å². The molecule has 1 aliphatic rings. The summed E-state index contributed by atoms with van der Waals surface area (Å²) in [5, 5.41) is 3.37. The van der Waals surface area contributed by atoms with Crippen LogP contribution < -0.4 is 26.1 Å². The topological polar surface area (TPSA) is 126 Å². The highest BCUT2D eigenvalue weighted by Crippen LogP contribution is 2.39. The van der Waals surface area contributed by atoms with Crippen molar-refractivity contribution in [1.29, 1.82) is 0 Å². The molecular weight excluding hydrogens is 468 g/mol. The summed E-state index contributed by atoms with van der Waals surface area (Å²) in [6.45, 7) is 1.74. The van der Waals surface area contributed by atoms with Gasteiger partial charge in [0.1, 0.15) is 5.82 Å². The van der Waals surface area contributed by atoms with Crippen molar-refractivity contribution in [2.24, 2.45) is 12.8 Å². The number of nitrogens with two attached hydrogens (primary N) is 1. The number of thioether (sulfide) groups is 1. The fourth-order valence-electron chi connectivity index (χ4n) is 4.07. The van der Waals surface area contributed by atoms with Crippen LogP contribution in [0.5, 0.6) is 11.5 Å². The van der Waals surface area contributed by atoms with Crippen LogP contribution in [0.3, 0.4) is 0 Å². The Bertz CT molecular complexity index is 1350. The predicted molar refractivity (Wildman–Crippen MR) is 133 cm³/mol. The van der Waals surface area contributed by atoms with Crippen LogP contribution in [0, 0.1) is 6.92 Å². The van der Waals surface area contributed by atoms with Gasteiger partial charge in [-0.25, -0.2) is 0 Å². The number of hydrogen-bond acceptors (Lipinski definition) is 7. The molecule has 0 spiro atoms. The van der Waals surface area contributed by atoms with Crippen molar-refractivity contribution in [2.75, 3.05) is 19.0 Å². The van der Waals surface area contributed by atoms with E-state index >= 15 is 0 Å². The zero-order valence-electron chi connectivity index (χ0n) is 19.7. The zero-order chi connectivity index (χ0) is 25.1. The molecule has 0 aliphatic carbocycles. The molecule has 3 aromatic rings. The van der Waals surface area contributed by atoms with Gasteiger partial charge < -0.3 is 25.1 Å². The molecule has 1 unspecified atom stereocenters. The van der Waals surface area contributed by atoms with Gasteiger partial charge in [0.05, 0.1) is 12.7 Å². The number of methoxy groups -OCH3 is 1. The van der Waals surface area contributed by atoms with E-state index < -0.39 is 11.8 Å². The highest BCUT2D eigenvalue weighted by molar-refractivity contribution is 7.98. The van der Waals surface area contributed by atoms with Crippen LogP contribution in [-0.2, 0) is 22.4 Å². The van der Waals surface area contributed by atoms with E-state index in [2.05, 4.69) is 16.4 Å². The lowest BCUT2D eigenvalue weighted by Crippen LogP contribution is -2.33. The van der Waals surface area contributed by atoms with Crippen molar-refractivity contribution < 1.29 is 19.1 Å². The van der Waals surface area contributed by atoms with Crippen molar-refractivity contribution in [3.05, 3.63) is 75.1 Å². The van der Waals surface area contributed by atoms with Crippen LogP contribution in [0.1, 0.15) is 34.6 Å². The van der Waals surface area contributed by atoms with E-state index in [1.807, 2.05) is 25.1 Å². The minimum absolute atomic E-state index is 0.0876. The molecule has 0 fully saturated rings. The Kier molecular flexibility index (Phi) is 7.11. The summed E-state index contributed by atoms with van der Waals surface area (Å²) in [5.74, 6) is 0.454. The largest absolute Gasteiger partial charge is 0.493 e. The number of aryl methyl sites for hydroxylation is 1. The van der Waals surface area contributed by atoms with E-state index in [0.29, 0.717) is 39.4 Å². The summed E-state index contributed by atoms with van der Waals surface area (Å²) >= 11 is 1.44. The monoisotopic (exact) mass is 494 g/mol. The lowest BCUT2D eigenvalue weighted by molar-refractivity contribution is -0.120. The quantitative estimate of drug-likeness (QED) is 0.364. The van der Waals surface area contributed by atoms with Crippen molar-refractivity contribution in [1.82, 2.24) is 9.55 Å². The Morgan fingerprint density at radius 1 is 1.23 bits per heavy atom. The smallest absolute Gasteiger partial charge is 0.279 e. The standard InChI is InChI=1S/C25H26N4O5S/c1-14-5-4-6-15(9-14)13-35-25-28-24(32)22-17(11-21(31)27-23(22)29(25)2)16-7-8-18(19(10-16)33-3)34-12-20(26)30/h4-10,17H,11-13H2,1-3H3,(H2,26,30)(H,27,31). The SMILES string of the molecule is COc1cc(C2CC(=O)Nc3c2c(=O)nc(SCc2cccc(C)c2)n3C)ccc1OCC(N)=O. The molecule has 2 aromatic carbocycles. The fourth-order valence-corrected chi connectivity index (χ4v) is 4.98. The van der Waals surface area contributed by atoms with Gasteiger partial charge in [0.2, 0.25) is 5.91 Å². The minimum Gasteiger partial charge on any atom is -0.493 e. The minimum atomic E-state index is -0.611. The third-order valence-electron chi connectivity index (χ3n) is 5.71. The number of ether oxygens (including phenoxy) is 2. The highest BCUT2D eigenvalue weighted by Gasteiger charge is 2.32. The van der Waals surface area contributed by atoms with Gasteiger partial charge in [0, 0.05) is 25.1 Å². The first-order valence-corrected chi connectivity index (χ1v) is 11.9. The molecule has 1 atom stereocenters. The van der Waals surface area contributed by atoms with Gasteiger partial charge in [0.15, 0.2) is 23.3 Å². The van der Waals surface area contributed by atoms with E-state index in [4.69, 9.17) is 15.2 Å². The van der Waals surface area contributed by atoms with Gasteiger partial charge in [-0.3, -0.25) is 14.4 Å². The molecule has 1 aliphatic heterocycles. The molecule has 10 heteroatoms. The Morgan fingerprint density at radius 3 is 2.74 bits per heavy atom. The number of aromatic nitrogens is 2.